The highest BCUT2D eigenvalue weighted by Gasteiger charge is 2.52. The number of fused-ring (bicyclic) bond motifs is 1. The Morgan fingerprint density at radius 3 is 2.59 bits per heavy atom. The third-order valence-corrected chi connectivity index (χ3v) is 7.47. The van der Waals surface area contributed by atoms with Gasteiger partial charge < -0.3 is 15.0 Å². The van der Waals surface area contributed by atoms with Gasteiger partial charge in [0.25, 0.3) is 0 Å². The summed E-state index contributed by atoms with van der Waals surface area (Å²) in [5, 5.41) is 3.15. The van der Waals surface area contributed by atoms with Crippen molar-refractivity contribution in [2.24, 2.45) is 17.8 Å². The van der Waals surface area contributed by atoms with Crippen molar-refractivity contribution >= 4 is 11.8 Å². The number of nitrogens with zero attached hydrogens (tertiary/aromatic N) is 1. The van der Waals surface area contributed by atoms with E-state index in [1.54, 1.807) is 7.11 Å². The van der Waals surface area contributed by atoms with Gasteiger partial charge in [-0.25, -0.2) is 0 Å². The minimum Gasteiger partial charge on any atom is -0.497 e. The molecular formula is C24H34N2O3. The summed E-state index contributed by atoms with van der Waals surface area (Å²) in [6.07, 6.45) is 8.31. The minimum atomic E-state index is 0.0549. The van der Waals surface area contributed by atoms with Gasteiger partial charge in [0.2, 0.25) is 11.8 Å². The Labute approximate surface area is 174 Å². The van der Waals surface area contributed by atoms with Gasteiger partial charge in [0.1, 0.15) is 5.75 Å². The summed E-state index contributed by atoms with van der Waals surface area (Å²) >= 11 is 0. The van der Waals surface area contributed by atoms with Gasteiger partial charge in [0.05, 0.1) is 13.5 Å². The number of carbonyl (C=O) groups excluding carboxylic acids is 2. The van der Waals surface area contributed by atoms with Gasteiger partial charge in [-0.2, -0.15) is 0 Å². The van der Waals surface area contributed by atoms with Gasteiger partial charge >= 0.3 is 0 Å². The summed E-state index contributed by atoms with van der Waals surface area (Å²) in [4.78, 5) is 27.5. The van der Waals surface area contributed by atoms with Crippen molar-refractivity contribution in [3.05, 3.63) is 29.8 Å². The largest absolute Gasteiger partial charge is 0.497 e. The van der Waals surface area contributed by atoms with Crippen LogP contribution < -0.4 is 10.1 Å². The van der Waals surface area contributed by atoms with Crippen molar-refractivity contribution in [3.63, 3.8) is 0 Å². The predicted molar refractivity (Wildman–Crippen MR) is 113 cm³/mol. The van der Waals surface area contributed by atoms with Crippen molar-refractivity contribution in [3.8, 4) is 5.75 Å². The highest BCUT2D eigenvalue weighted by Crippen LogP contribution is 2.47. The summed E-state index contributed by atoms with van der Waals surface area (Å²) in [6, 6.07) is 8.49. The molecule has 1 aromatic rings. The Bertz CT molecular complexity index is 726. The first-order valence-corrected chi connectivity index (χ1v) is 11.3. The zero-order chi connectivity index (χ0) is 20.4. The average Bonchev–Trinajstić information content (AvgIpc) is 3.20. The van der Waals surface area contributed by atoms with Gasteiger partial charge in [-0.05, 0) is 54.7 Å². The van der Waals surface area contributed by atoms with E-state index in [1.807, 2.05) is 24.3 Å². The molecule has 4 atom stereocenters. The smallest absolute Gasteiger partial charge is 0.224 e. The third kappa shape index (κ3) is 4.29. The second-order valence-corrected chi connectivity index (χ2v) is 9.23. The summed E-state index contributed by atoms with van der Waals surface area (Å²) in [5.74, 6) is 2.56. The second-order valence-electron chi connectivity index (χ2n) is 9.23. The van der Waals surface area contributed by atoms with Crippen LogP contribution in [0.4, 0.5) is 0 Å². The van der Waals surface area contributed by atoms with Gasteiger partial charge in [-0.1, -0.05) is 38.3 Å². The van der Waals surface area contributed by atoms with Crippen LogP contribution in [-0.4, -0.2) is 42.5 Å². The van der Waals surface area contributed by atoms with E-state index in [4.69, 9.17) is 4.74 Å². The Morgan fingerprint density at radius 1 is 1.17 bits per heavy atom. The van der Waals surface area contributed by atoms with Gasteiger partial charge in [0, 0.05) is 25.0 Å². The Kier molecular flexibility index (Phi) is 6.12. The number of likely N-dealkylation sites (tertiary alicyclic amines) is 1. The van der Waals surface area contributed by atoms with Gasteiger partial charge in [-0.15, -0.1) is 0 Å². The molecule has 158 valence electrons. The molecular weight excluding hydrogens is 364 g/mol. The molecule has 29 heavy (non-hydrogen) atoms. The highest BCUT2D eigenvalue weighted by molar-refractivity contribution is 5.80. The van der Waals surface area contributed by atoms with Crippen molar-refractivity contribution in [2.75, 3.05) is 13.7 Å². The zero-order valence-corrected chi connectivity index (χ0v) is 17.7. The molecule has 2 aliphatic carbocycles. The number of hydrogen-bond donors (Lipinski definition) is 1. The molecule has 0 unspecified atom stereocenters. The lowest BCUT2D eigenvalue weighted by atomic mass is 9.88. The molecule has 1 saturated heterocycles. The number of benzene rings is 1. The van der Waals surface area contributed by atoms with E-state index in [0.29, 0.717) is 55.1 Å². The fourth-order valence-electron chi connectivity index (χ4n) is 5.95. The molecule has 0 radical (unpaired) electrons. The standard InChI is InChI=1S/C24H34N2O3/c1-16-12-22-20(14-24(28)26(22)18-6-4-3-5-7-18)21(16)15-25-23(27)13-17-8-10-19(29-2)11-9-17/h8-11,16,18,20-22H,3-7,12-15H2,1-2H3,(H,25,27)/t16-,20-,21+,22+/m0/s1. The van der Waals surface area contributed by atoms with Crippen LogP contribution in [0, 0.1) is 17.8 Å². The lowest BCUT2D eigenvalue weighted by Crippen LogP contribution is -2.43. The quantitative estimate of drug-likeness (QED) is 0.797. The normalized spacial score (nSPS) is 29.7. The molecule has 5 nitrogen and oxygen atoms in total. The Hall–Kier alpha value is -2.04. The van der Waals surface area contributed by atoms with Crippen molar-refractivity contribution in [1.29, 1.82) is 0 Å². The molecule has 5 heteroatoms. The topological polar surface area (TPSA) is 58.6 Å². The lowest BCUT2D eigenvalue weighted by molar-refractivity contribution is -0.132. The summed E-state index contributed by atoms with van der Waals surface area (Å²) in [6.45, 7) is 2.98. The van der Waals surface area contributed by atoms with Crippen LogP contribution in [0.1, 0.15) is 57.4 Å². The SMILES string of the molecule is COc1ccc(CC(=O)NC[C@H]2[C@@H]3CC(=O)N(C4CCCCC4)[C@@H]3C[C@@H]2C)cc1. The first-order chi connectivity index (χ1) is 14.1. The minimum absolute atomic E-state index is 0.0549. The van der Waals surface area contributed by atoms with Gasteiger partial charge in [-0.3, -0.25) is 9.59 Å². The molecule has 0 aromatic heterocycles. The number of nitrogens with one attached hydrogen (secondary N) is 1. The van der Waals surface area contributed by atoms with E-state index >= 15 is 0 Å². The van der Waals surface area contributed by atoms with Crippen LogP contribution in [0.3, 0.4) is 0 Å². The second kappa shape index (κ2) is 8.76. The monoisotopic (exact) mass is 398 g/mol. The average molecular weight is 399 g/mol. The molecule has 1 aromatic carbocycles. The molecule has 0 bridgehead atoms. The predicted octanol–water partition coefficient (Wildman–Crippen LogP) is 3.56. The van der Waals surface area contributed by atoms with Crippen LogP contribution >= 0.6 is 0 Å². The van der Waals surface area contributed by atoms with Crippen molar-refractivity contribution in [2.45, 2.75) is 70.4 Å². The van der Waals surface area contributed by atoms with Crippen LogP contribution in [0.25, 0.3) is 0 Å². The molecule has 2 saturated carbocycles. The molecule has 2 amide bonds. The molecule has 1 N–H and O–H groups in total. The number of hydrogen-bond acceptors (Lipinski definition) is 3. The van der Waals surface area contributed by atoms with Crippen LogP contribution in [0.2, 0.25) is 0 Å². The molecule has 4 rings (SSSR count). The zero-order valence-electron chi connectivity index (χ0n) is 17.7. The summed E-state index contributed by atoms with van der Waals surface area (Å²) in [7, 11) is 1.64. The maximum absolute atomic E-state index is 12.8. The number of carbonyl (C=O) groups is 2. The van der Waals surface area contributed by atoms with Gasteiger partial charge in [0.15, 0.2) is 0 Å². The van der Waals surface area contributed by atoms with Crippen LogP contribution in [-0.2, 0) is 16.0 Å². The fraction of sp³-hybridized carbons (Fsp3) is 0.667. The number of methoxy groups -OCH3 is 1. The first kappa shape index (κ1) is 20.2. The van der Waals surface area contributed by atoms with Crippen LogP contribution in [0.15, 0.2) is 24.3 Å². The molecule has 1 heterocycles. The maximum Gasteiger partial charge on any atom is 0.224 e. The Morgan fingerprint density at radius 2 is 1.90 bits per heavy atom. The van der Waals surface area contributed by atoms with Crippen LogP contribution in [0.5, 0.6) is 5.75 Å². The van der Waals surface area contributed by atoms with E-state index in [1.165, 1.54) is 32.1 Å². The molecule has 1 aliphatic heterocycles. The molecule has 0 spiro atoms. The number of ether oxygens (including phenoxy) is 1. The summed E-state index contributed by atoms with van der Waals surface area (Å²) in [5.41, 5.74) is 0.986. The van der Waals surface area contributed by atoms with E-state index in [9.17, 15) is 9.59 Å². The van der Waals surface area contributed by atoms with E-state index in [0.717, 1.165) is 17.7 Å². The van der Waals surface area contributed by atoms with Crippen molar-refractivity contribution in [1.82, 2.24) is 10.2 Å². The van der Waals surface area contributed by atoms with E-state index < -0.39 is 0 Å². The maximum atomic E-state index is 12.8. The summed E-state index contributed by atoms with van der Waals surface area (Å²) < 4.78 is 5.17. The first-order valence-electron chi connectivity index (χ1n) is 11.3. The third-order valence-electron chi connectivity index (χ3n) is 7.47. The van der Waals surface area contributed by atoms with E-state index in [2.05, 4.69) is 17.1 Å². The number of amides is 2. The molecule has 3 fully saturated rings. The van der Waals surface area contributed by atoms with E-state index in [-0.39, 0.29) is 5.91 Å². The number of rotatable bonds is 6. The lowest BCUT2D eigenvalue weighted by Gasteiger charge is -2.35. The Balaban J connectivity index is 1.33. The fourth-order valence-corrected chi connectivity index (χ4v) is 5.95. The highest BCUT2D eigenvalue weighted by atomic mass is 16.5. The molecule has 3 aliphatic rings. The van der Waals surface area contributed by atoms with Crippen molar-refractivity contribution < 1.29 is 14.3 Å².